The molecule has 0 amide bonds. The average molecular weight is 236 g/mol. The van der Waals surface area contributed by atoms with Gasteiger partial charge in [0, 0.05) is 26.4 Å². The summed E-state index contributed by atoms with van der Waals surface area (Å²) in [6.45, 7) is 20.0. The fourth-order valence-electron chi connectivity index (χ4n) is 0.289. The van der Waals surface area contributed by atoms with Crippen molar-refractivity contribution < 1.29 is 9.47 Å². The van der Waals surface area contributed by atoms with Crippen molar-refractivity contribution >= 4 is 0 Å². The third-order valence-corrected chi connectivity index (χ3v) is 1.15. The molecule has 0 aromatic carbocycles. The van der Waals surface area contributed by atoms with Crippen molar-refractivity contribution in [1.82, 2.24) is 0 Å². The zero-order valence-electron chi connectivity index (χ0n) is 13.1. The van der Waals surface area contributed by atoms with E-state index in [9.17, 15) is 0 Å². The van der Waals surface area contributed by atoms with Gasteiger partial charge in [0.15, 0.2) is 0 Å². The van der Waals surface area contributed by atoms with Crippen molar-refractivity contribution in [3.8, 4) is 0 Å². The molecule has 2 heterocycles. The lowest BCUT2D eigenvalue weighted by atomic mass is 10.4. The summed E-state index contributed by atoms with van der Waals surface area (Å²) in [5.41, 5.74) is 0. The topological polar surface area (TPSA) is 18.5 Å². The smallest absolute Gasteiger partial charge is 0.0488 e. The minimum absolute atomic E-state index is 1.00. The summed E-state index contributed by atoms with van der Waals surface area (Å²) in [4.78, 5) is 0. The highest BCUT2D eigenvalue weighted by Crippen LogP contribution is 1.93. The zero-order chi connectivity index (χ0) is 13.7. The van der Waals surface area contributed by atoms with Gasteiger partial charge in [0.25, 0.3) is 0 Å². The summed E-state index contributed by atoms with van der Waals surface area (Å²) in [6.07, 6.45) is 2.56. The minimum atomic E-state index is 1.00. The van der Waals surface area contributed by atoms with Crippen LogP contribution in [0.5, 0.6) is 0 Å². The van der Waals surface area contributed by atoms with Crippen molar-refractivity contribution in [3.05, 3.63) is 0 Å². The molecule has 0 aromatic rings. The molecule has 0 atom stereocenters. The van der Waals surface area contributed by atoms with Gasteiger partial charge in [-0.15, -0.1) is 0 Å². The first-order chi connectivity index (χ1) is 8.00. The Morgan fingerprint density at radius 1 is 0.438 bits per heavy atom. The van der Waals surface area contributed by atoms with Gasteiger partial charge in [0.1, 0.15) is 0 Å². The molecule has 0 aliphatic carbocycles. The van der Waals surface area contributed by atoms with Gasteiger partial charge in [-0.2, -0.15) is 0 Å². The molecule has 2 rings (SSSR count). The molecule has 2 heteroatoms. The molecule has 0 aromatic heterocycles. The molecule has 0 radical (unpaired) electrons. The molecule has 2 fully saturated rings. The highest BCUT2D eigenvalue weighted by molar-refractivity contribution is 4.41. The maximum absolute atomic E-state index is 4.72. The molecule has 104 valence electrons. The summed E-state index contributed by atoms with van der Waals surface area (Å²) in [5, 5.41) is 0. The van der Waals surface area contributed by atoms with Crippen molar-refractivity contribution in [2.45, 2.75) is 68.2 Å². The monoisotopic (exact) mass is 236 g/mol. The van der Waals surface area contributed by atoms with E-state index in [1.165, 1.54) is 12.8 Å². The van der Waals surface area contributed by atoms with Crippen LogP contribution in [0.2, 0.25) is 0 Å². The summed E-state index contributed by atoms with van der Waals surface area (Å²) in [5.74, 6) is 0. The second-order valence-electron chi connectivity index (χ2n) is 1.93. The number of hydrogen-bond donors (Lipinski definition) is 0. The molecule has 0 unspecified atom stereocenters. The first-order valence-electron chi connectivity index (χ1n) is 7.15. The molecule has 2 nitrogen and oxygen atoms in total. The van der Waals surface area contributed by atoms with E-state index in [0.717, 1.165) is 26.4 Å². The van der Waals surface area contributed by atoms with Crippen LogP contribution in [0.1, 0.15) is 68.2 Å². The lowest BCUT2D eigenvalue weighted by molar-refractivity contribution is 0.0366. The second kappa shape index (κ2) is 46.1. The molecule has 2 aliphatic rings. The second-order valence-corrected chi connectivity index (χ2v) is 1.93. The predicted octanol–water partition coefficient (Wildman–Crippen LogP) is 4.92. The fraction of sp³-hybridized carbons (Fsp3) is 1.00. The Morgan fingerprint density at radius 3 is 0.500 bits per heavy atom. The van der Waals surface area contributed by atoms with E-state index >= 15 is 0 Å². The number of ether oxygens (including phenoxy) is 2. The van der Waals surface area contributed by atoms with Gasteiger partial charge in [-0.25, -0.2) is 0 Å². The SMILES string of the molecule is C1COC1.C1COC1.CC.CC.CC.CC. The van der Waals surface area contributed by atoms with Gasteiger partial charge >= 0.3 is 0 Å². The quantitative estimate of drug-likeness (QED) is 0.594. The predicted molar refractivity (Wildman–Crippen MR) is 76.3 cm³/mol. The van der Waals surface area contributed by atoms with Crippen LogP contribution in [0.15, 0.2) is 0 Å². The van der Waals surface area contributed by atoms with Gasteiger partial charge < -0.3 is 9.47 Å². The third kappa shape index (κ3) is 37.0. The van der Waals surface area contributed by atoms with E-state index in [1.807, 2.05) is 55.4 Å². The highest BCUT2D eigenvalue weighted by atomic mass is 16.5. The van der Waals surface area contributed by atoms with Crippen LogP contribution in [-0.2, 0) is 9.47 Å². The third-order valence-electron chi connectivity index (χ3n) is 1.15. The van der Waals surface area contributed by atoms with E-state index in [-0.39, 0.29) is 0 Å². The first-order valence-corrected chi connectivity index (χ1v) is 7.15. The van der Waals surface area contributed by atoms with Crippen molar-refractivity contribution in [3.63, 3.8) is 0 Å². The normalized spacial score (nSPS) is 13.5. The zero-order valence-corrected chi connectivity index (χ0v) is 13.1. The van der Waals surface area contributed by atoms with Crippen molar-refractivity contribution in [1.29, 1.82) is 0 Å². The maximum atomic E-state index is 4.72. The Labute approximate surface area is 105 Å². The first kappa shape index (κ1) is 24.9. The summed E-state index contributed by atoms with van der Waals surface area (Å²) < 4.78 is 9.44. The van der Waals surface area contributed by atoms with Crippen LogP contribution >= 0.6 is 0 Å². The molecule has 0 bridgehead atoms. The largest absolute Gasteiger partial charge is 0.381 e. The summed E-state index contributed by atoms with van der Waals surface area (Å²) >= 11 is 0. The van der Waals surface area contributed by atoms with Gasteiger partial charge in [-0.1, -0.05) is 55.4 Å². The molecule has 16 heavy (non-hydrogen) atoms. The van der Waals surface area contributed by atoms with E-state index < -0.39 is 0 Å². The lowest BCUT2D eigenvalue weighted by Gasteiger charge is -2.09. The Balaban J connectivity index is -0.0000000571. The van der Waals surface area contributed by atoms with E-state index in [0.29, 0.717) is 0 Å². The Hall–Kier alpha value is -0.0800. The van der Waals surface area contributed by atoms with Gasteiger partial charge in [0.2, 0.25) is 0 Å². The van der Waals surface area contributed by atoms with Gasteiger partial charge in [-0.3, -0.25) is 0 Å². The number of rotatable bonds is 0. The number of hydrogen-bond acceptors (Lipinski definition) is 2. The molecule has 2 aliphatic heterocycles. The molecular formula is C14H36O2. The van der Waals surface area contributed by atoms with Crippen LogP contribution in [0, 0.1) is 0 Å². The van der Waals surface area contributed by atoms with Crippen LogP contribution in [0.4, 0.5) is 0 Å². The standard InChI is InChI=1S/2C3H6O.4C2H6/c2*1-2-4-3-1;4*1-2/h2*1-3H2;4*1-2H3. The fourth-order valence-corrected chi connectivity index (χ4v) is 0.289. The highest BCUT2D eigenvalue weighted by Gasteiger charge is 1.94. The van der Waals surface area contributed by atoms with Crippen LogP contribution in [-0.4, -0.2) is 26.4 Å². The molecule has 0 spiro atoms. The maximum Gasteiger partial charge on any atom is 0.0488 e. The van der Waals surface area contributed by atoms with Crippen LogP contribution in [0.25, 0.3) is 0 Å². The van der Waals surface area contributed by atoms with Crippen molar-refractivity contribution in [2.24, 2.45) is 0 Å². The van der Waals surface area contributed by atoms with Gasteiger partial charge in [-0.05, 0) is 12.8 Å². The van der Waals surface area contributed by atoms with E-state index in [2.05, 4.69) is 0 Å². The Morgan fingerprint density at radius 2 is 0.500 bits per heavy atom. The van der Waals surface area contributed by atoms with Crippen LogP contribution in [0.3, 0.4) is 0 Å². The molecule has 2 saturated heterocycles. The molecular weight excluding hydrogens is 200 g/mol. The minimum Gasteiger partial charge on any atom is -0.381 e. The molecule has 0 saturated carbocycles. The average Bonchev–Trinajstić information content (AvgIpc) is 2.24. The van der Waals surface area contributed by atoms with Crippen LogP contribution < -0.4 is 0 Å². The van der Waals surface area contributed by atoms with Crippen molar-refractivity contribution in [2.75, 3.05) is 26.4 Å². The molecule has 0 N–H and O–H groups in total. The summed E-state index contributed by atoms with van der Waals surface area (Å²) in [7, 11) is 0. The van der Waals surface area contributed by atoms with E-state index in [1.54, 1.807) is 0 Å². The van der Waals surface area contributed by atoms with E-state index in [4.69, 9.17) is 9.47 Å². The summed E-state index contributed by atoms with van der Waals surface area (Å²) in [6, 6.07) is 0. The Bertz CT molecular complexity index is 32.7. The lowest BCUT2D eigenvalue weighted by Crippen LogP contribution is -2.09. The Kier molecular flexibility index (Phi) is 71.8. The van der Waals surface area contributed by atoms with Gasteiger partial charge in [0.05, 0.1) is 0 Å².